The minimum absolute atomic E-state index is 0.530. The molecule has 0 radical (unpaired) electrons. The number of aliphatic carboxylic acids is 1. The molecule has 112 valence electrons. The van der Waals surface area contributed by atoms with Gasteiger partial charge in [-0.05, 0) is 36.6 Å². The summed E-state index contributed by atoms with van der Waals surface area (Å²) in [5.41, 5.74) is 0.652. The number of carboxylic acid groups (broad SMARTS) is 1. The summed E-state index contributed by atoms with van der Waals surface area (Å²) in [5.74, 6) is 0.743. The molecular weight excluding hydrogens is 258 g/mol. The number of methoxy groups -OCH3 is 2. The number of rotatable bonds is 8. The standard InChI is InChI=1S/C15H23NO4/c1-10(2)7-8-16-14(15(17)18)11-5-6-12(19-3)13(9-11)20-4/h5-6,9-10,14,16H,7-8H2,1-4H3,(H,17,18). The lowest BCUT2D eigenvalue weighted by Crippen LogP contribution is -2.29. The number of hydrogen-bond acceptors (Lipinski definition) is 4. The van der Waals surface area contributed by atoms with Crippen molar-refractivity contribution in [2.24, 2.45) is 5.92 Å². The Hall–Kier alpha value is -1.75. The van der Waals surface area contributed by atoms with Gasteiger partial charge in [-0.15, -0.1) is 0 Å². The van der Waals surface area contributed by atoms with E-state index in [2.05, 4.69) is 19.2 Å². The predicted molar refractivity (Wildman–Crippen MR) is 77.4 cm³/mol. The summed E-state index contributed by atoms with van der Waals surface area (Å²) in [5, 5.41) is 12.4. The molecule has 20 heavy (non-hydrogen) atoms. The van der Waals surface area contributed by atoms with E-state index in [4.69, 9.17) is 9.47 Å². The van der Waals surface area contributed by atoms with Crippen molar-refractivity contribution in [3.8, 4) is 11.5 Å². The van der Waals surface area contributed by atoms with Crippen molar-refractivity contribution in [3.63, 3.8) is 0 Å². The van der Waals surface area contributed by atoms with Gasteiger partial charge in [0.15, 0.2) is 11.5 Å². The van der Waals surface area contributed by atoms with Crippen LogP contribution in [0, 0.1) is 5.92 Å². The fourth-order valence-electron chi connectivity index (χ4n) is 1.90. The summed E-state index contributed by atoms with van der Waals surface area (Å²) in [4.78, 5) is 11.4. The zero-order chi connectivity index (χ0) is 15.1. The van der Waals surface area contributed by atoms with Gasteiger partial charge >= 0.3 is 5.97 Å². The quantitative estimate of drug-likeness (QED) is 0.766. The van der Waals surface area contributed by atoms with Gasteiger partial charge in [0, 0.05) is 0 Å². The van der Waals surface area contributed by atoms with Gasteiger partial charge in [-0.1, -0.05) is 19.9 Å². The molecule has 1 unspecified atom stereocenters. The van der Waals surface area contributed by atoms with Gasteiger partial charge < -0.3 is 19.9 Å². The van der Waals surface area contributed by atoms with Crippen molar-refractivity contribution in [1.29, 1.82) is 0 Å². The summed E-state index contributed by atoms with van der Waals surface area (Å²) in [6, 6.07) is 4.41. The average Bonchev–Trinajstić information content (AvgIpc) is 2.42. The highest BCUT2D eigenvalue weighted by molar-refractivity contribution is 5.76. The van der Waals surface area contributed by atoms with E-state index in [0.717, 1.165) is 6.42 Å². The van der Waals surface area contributed by atoms with Gasteiger partial charge in [-0.3, -0.25) is 4.79 Å². The molecule has 1 aromatic rings. The largest absolute Gasteiger partial charge is 0.493 e. The van der Waals surface area contributed by atoms with Crippen LogP contribution < -0.4 is 14.8 Å². The van der Waals surface area contributed by atoms with E-state index in [1.807, 2.05) is 0 Å². The summed E-state index contributed by atoms with van der Waals surface area (Å²) in [7, 11) is 3.08. The fraction of sp³-hybridized carbons (Fsp3) is 0.533. The van der Waals surface area contributed by atoms with Crippen molar-refractivity contribution in [2.75, 3.05) is 20.8 Å². The zero-order valence-electron chi connectivity index (χ0n) is 12.5. The molecule has 0 bridgehead atoms. The molecular formula is C15H23NO4. The second kappa shape index (κ2) is 7.75. The number of carbonyl (C=O) groups is 1. The van der Waals surface area contributed by atoms with Crippen molar-refractivity contribution in [2.45, 2.75) is 26.3 Å². The van der Waals surface area contributed by atoms with Gasteiger partial charge in [0.2, 0.25) is 0 Å². The van der Waals surface area contributed by atoms with Gasteiger partial charge in [0.25, 0.3) is 0 Å². The molecule has 5 nitrogen and oxygen atoms in total. The summed E-state index contributed by atoms with van der Waals surface area (Å²) >= 11 is 0. The minimum atomic E-state index is -0.902. The molecule has 0 aliphatic rings. The van der Waals surface area contributed by atoms with Crippen LogP contribution in [-0.2, 0) is 4.79 Å². The maximum Gasteiger partial charge on any atom is 0.325 e. The molecule has 0 aromatic heterocycles. The van der Waals surface area contributed by atoms with E-state index in [9.17, 15) is 9.90 Å². The molecule has 0 amide bonds. The summed E-state index contributed by atoms with van der Waals surface area (Å²) < 4.78 is 10.4. The maximum absolute atomic E-state index is 11.4. The number of ether oxygens (including phenoxy) is 2. The van der Waals surface area contributed by atoms with Crippen LogP contribution in [0.2, 0.25) is 0 Å². The maximum atomic E-state index is 11.4. The van der Waals surface area contributed by atoms with Gasteiger partial charge in [0.05, 0.1) is 14.2 Å². The van der Waals surface area contributed by atoms with Crippen LogP contribution in [0.5, 0.6) is 11.5 Å². The predicted octanol–water partition coefficient (Wildman–Crippen LogP) is 2.47. The highest BCUT2D eigenvalue weighted by atomic mass is 16.5. The van der Waals surface area contributed by atoms with Crippen LogP contribution in [0.4, 0.5) is 0 Å². The van der Waals surface area contributed by atoms with Crippen LogP contribution >= 0.6 is 0 Å². The van der Waals surface area contributed by atoms with Gasteiger partial charge in [-0.2, -0.15) is 0 Å². The molecule has 1 rings (SSSR count). The lowest BCUT2D eigenvalue weighted by molar-refractivity contribution is -0.139. The van der Waals surface area contributed by atoms with E-state index in [1.54, 1.807) is 25.3 Å². The lowest BCUT2D eigenvalue weighted by atomic mass is 10.1. The minimum Gasteiger partial charge on any atom is -0.493 e. The van der Waals surface area contributed by atoms with Crippen LogP contribution in [0.3, 0.4) is 0 Å². The average molecular weight is 281 g/mol. The molecule has 1 aromatic carbocycles. The van der Waals surface area contributed by atoms with Gasteiger partial charge in [-0.25, -0.2) is 0 Å². The zero-order valence-corrected chi connectivity index (χ0v) is 12.5. The van der Waals surface area contributed by atoms with Crippen molar-refractivity contribution < 1.29 is 19.4 Å². The molecule has 0 saturated heterocycles. The molecule has 0 aliphatic heterocycles. The number of carboxylic acids is 1. The topological polar surface area (TPSA) is 67.8 Å². The summed E-state index contributed by atoms with van der Waals surface area (Å²) in [6.45, 7) is 4.87. The molecule has 2 N–H and O–H groups in total. The molecule has 0 heterocycles. The second-order valence-electron chi connectivity index (χ2n) is 5.02. The van der Waals surface area contributed by atoms with Crippen molar-refractivity contribution in [1.82, 2.24) is 5.32 Å². The Kier molecular flexibility index (Phi) is 6.31. The highest BCUT2D eigenvalue weighted by Gasteiger charge is 2.20. The fourth-order valence-corrected chi connectivity index (χ4v) is 1.90. The normalized spacial score (nSPS) is 12.2. The Labute approximate surface area is 119 Å². The number of hydrogen-bond donors (Lipinski definition) is 2. The first-order valence-electron chi connectivity index (χ1n) is 6.67. The molecule has 0 aliphatic carbocycles. The van der Waals surface area contributed by atoms with Crippen molar-refractivity contribution >= 4 is 5.97 Å². The highest BCUT2D eigenvalue weighted by Crippen LogP contribution is 2.30. The molecule has 0 saturated carbocycles. The first-order valence-corrected chi connectivity index (χ1v) is 6.67. The van der Waals surface area contributed by atoms with E-state index in [-0.39, 0.29) is 0 Å². The number of benzene rings is 1. The first kappa shape index (κ1) is 16.3. The van der Waals surface area contributed by atoms with E-state index in [1.165, 1.54) is 7.11 Å². The lowest BCUT2D eigenvalue weighted by Gasteiger charge is -2.17. The Morgan fingerprint density at radius 2 is 1.90 bits per heavy atom. The third-order valence-corrected chi connectivity index (χ3v) is 3.06. The number of nitrogens with one attached hydrogen (secondary N) is 1. The SMILES string of the molecule is COc1ccc(C(NCCC(C)C)C(=O)O)cc1OC. The van der Waals surface area contributed by atoms with Crippen molar-refractivity contribution in [3.05, 3.63) is 23.8 Å². The molecule has 1 atom stereocenters. The Balaban J connectivity index is 2.88. The van der Waals surface area contributed by atoms with Crippen LogP contribution in [-0.4, -0.2) is 31.8 Å². The second-order valence-corrected chi connectivity index (χ2v) is 5.02. The van der Waals surface area contributed by atoms with Crippen LogP contribution in [0.15, 0.2) is 18.2 Å². The first-order chi connectivity index (χ1) is 9.49. The monoisotopic (exact) mass is 281 g/mol. The van der Waals surface area contributed by atoms with E-state index < -0.39 is 12.0 Å². The Morgan fingerprint density at radius 1 is 1.25 bits per heavy atom. The Bertz CT molecular complexity index is 445. The van der Waals surface area contributed by atoms with Crippen LogP contribution in [0.25, 0.3) is 0 Å². The Morgan fingerprint density at radius 3 is 2.40 bits per heavy atom. The van der Waals surface area contributed by atoms with E-state index in [0.29, 0.717) is 29.5 Å². The van der Waals surface area contributed by atoms with Gasteiger partial charge in [0.1, 0.15) is 6.04 Å². The molecule has 5 heteroatoms. The summed E-state index contributed by atoms with van der Waals surface area (Å²) in [6.07, 6.45) is 0.928. The third-order valence-electron chi connectivity index (χ3n) is 3.06. The smallest absolute Gasteiger partial charge is 0.325 e. The molecule has 0 fully saturated rings. The third kappa shape index (κ3) is 4.42. The molecule has 0 spiro atoms. The van der Waals surface area contributed by atoms with Crippen LogP contribution in [0.1, 0.15) is 31.9 Å². The van der Waals surface area contributed by atoms with E-state index >= 15 is 0 Å².